The van der Waals surface area contributed by atoms with E-state index in [-0.39, 0.29) is 5.91 Å². The van der Waals surface area contributed by atoms with E-state index in [4.69, 9.17) is 9.47 Å². The largest absolute Gasteiger partial charge is 0.454 e. The third-order valence-electron chi connectivity index (χ3n) is 5.17. The Labute approximate surface area is 159 Å². The first-order valence-corrected chi connectivity index (χ1v) is 9.44. The number of carbonyl (C=O) groups excluding carboxylic acids is 1. The first-order chi connectivity index (χ1) is 13.2. The molecule has 2 aliphatic heterocycles. The van der Waals surface area contributed by atoms with E-state index in [0.29, 0.717) is 6.79 Å². The molecular formula is C22H25N2O3+. The highest BCUT2D eigenvalue weighted by atomic mass is 16.7. The molecular weight excluding hydrogens is 340 g/mol. The van der Waals surface area contributed by atoms with Gasteiger partial charge in [0.05, 0.1) is 26.2 Å². The number of rotatable bonds is 4. The predicted octanol–water partition coefficient (Wildman–Crippen LogP) is 1.75. The van der Waals surface area contributed by atoms with E-state index in [1.54, 1.807) is 0 Å². The van der Waals surface area contributed by atoms with Crippen LogP contribution >= 0.6 is 0 Å². The van der Waals surface area contributed by atoms with Crippen LogP contribution in [0.2, 0.25) is 0 Å². The van der Waals surface area contributed by atoms with Crippen molar-refractivity contribution in [2.45, 2.75) is 13.5 Å². The number of ether oxygens (including phenoxy) is 2. The predicted molar refractivity (Wildman–Crippen MR) is 104 cm³/mol. The van der Waals surface area contributed by atoms with Crippen LogP contribution < -0.4 is 14.4 Å². The lowest BCUT2D eigenvalue weighted by Gasteiger charge is -2.32. The first kappa shape index (κ1) is 17.6. The normalized spacial score (nSPS) is 17.2. The van der Waals surface area contributed by atoms with Gasteiger partial charge in [0.25, 0.3) is 0 Å². The summed E-state index contributed by atoms with van der Waals surface area (Å²) in [7, 11) is 0. The number of nitrogens with zero attached hydrogens (tertiary/aromatic N) is 1. The van der Waals surface area contributed by atoms with Crippen LogP contribution in [0.15, 0.2) is 54.1 Å². The zero-order chi connectivity index (χ0) is 18.6. The number of carbonyl (C=O) groups is 1. The molecule has 1 fully saturated rings. The Morgan fingerprint density at radius 3 is 2.59 bits per heavy atom. The summed E-state index contributed by atoms with van der Waals surface area (Å²) in [4.78, 5) is 16.2. The summed E-state index contributed by atoms with van der Waals surface area (Å²) < 4.78 is 10.8. The van der Waals surface area contributed by atoms with Gasteiger partial charge >= 0.3 is 0 Å². The fraction of sp³-hybridized carbons (Fsp3) is 0.318. The summed E-state index contributed by atoms with van der Waals surface area (Å²) in [5.41, 5.74) is 3.10. The monoisotopic (exact) mass is 365 g/mol. The van der Waals surface area contributed by atoms with Gasteiger partial charge in [-0.15, -0.1) is 0 Å². The lowest BCUT2D eigenvalue weighted by molar-refractivity contribution is -0.917. The van der Waals surface area contributed by atoms with E-state index in [1.807, 2.05) is 54.3 Å². The molecule has 0 atom stereocenters. The average Bonchev–Trinajstić information content (AvgIpc) is 3.16. The summed E-state index contributed by atoms with van der Waals surface area (Å²) >= 11 is 0. The summed E-state index contributed by atoms with van der Waals surface area (Å²) in [6, 6.07) is 16.1. The number of nitrogens with one attached hydrogen (secondary N) is 1. The summed E-state index contributed by atoms with van der Waals surface area (Å²) in [6.45, 7) is 6.65. The van der Waals surface area contributed by atoms with Crippen molar-refractivity contribution in [1.29, 1.82) is 0 Å². The summed E-state index contributed by atoms with van der Waals surface area (Å²) in [6.07, 6.45) is 1.97. The first-order valence-electron chi connectivity index (χ1n) is 9.44. The Morgan fingerprint density at radius 1 is 1.07 bits per heavy atom. The van der Waals surface area contributed by atoms with Crippen LogP contribution in [0.1, 0.15) is 18.1 Å². The summed E-state index contributed by atoms with van der Waals surface area (Å²) in [5, 5.41) is 0. The van der Waals surface area contributed by atoms with Crippen molar-refractivity contribution < 1.29 is 19.2 Å². The number of fused-ring (bicyclic) bond motifs is 1. The molecule has 0 unspecified atom stereocenters. The lowest BCUT2D eigenvalue weighted by atomic mass is 10.1. The van der Waals surface area contributed by atoms with Gasteiger partial charge in [0, 0.05) is 11.1 Å². The Hall–Kier alpha value is -2.79. The number of benzene rings is 2. The van der Waals surface area contributed by atoms with Crippen molar-refractivity contribution in [3.8, 4) is 11.5 Å². The van der Waals surface area contributed by atoms with Crippen LogP contribution in [0.25, 0.3) is 6.08 Å². The molecule has 1 saturated heterocycles. The third-order valence-corrected chi connectivity index (χ3v) is 5.17. The molecule has 0 spiro atoms. The highest BCUT2D eigenvalue weighted by molar-refractivity contribution is 5.97. The average molecular weight is 365 g/mol. The van der Waals surface area contributed by atoms with E-state index in [2.05, 4.69) is 12.1 Å². The molecule has 5 nitrogen and oxygen atoms in total. The number of quaternary nitrogens is 1. The van der Waals surface area contributed by atoms with Crippen molar-refractivity contribution in [1.82, 2.24) is 4.90 Å². The van der Waals surface area contributed by atoms with Crippen LogP contribution in [0.4, 0.5) is 0 Å². The number of hydrogen-bond donors (Lipinski definition) is 1. The minimum Gasteiger partial charge on any atom is -0.454 e. The van der Waals surface area contributed by atoms with Crippen LogP contribution in [-0.4, -0.2) is 43.8 Å². The molecule has 4 rings (SSSR count). The minimum absolute atomic E-state index is 0.140. The van der Waals surface area contributed by atoms with Crippen LogP contribution in [0.5, 0.6) is 11.5 Å². The number of piperazine rings is 1. The molecule has 0 aliphatic carbocycles. The van der Waals surface area contributed by atoms with Crippen LogP contribution in [0.3, 0.4) is 0 Å². The Morgan fingerprint density at radius 2 is 1.81 bits per heavy atom. The lowest BCUT2D eigenvalue weighted by Crippen LogP contribution is -3.13. The second-order valence-corrected chi connectivity index (χ2v) is 7.14. The second kappa shape index (κ2) is 7.84. The SMILES string of the molecule is CC(=Cc1ccccc1)C(=O)N1CC[NH+](Cc2ccc3c(c2)OCO3)CC1. The topological polar surface area (TPSA) is 43.2 Å². The van der Waals surface area contributed by atoms with Crippen molar-refractivity contribution in [3.05, 3.63) is 65.2 Å². The van der Waals surface area contributed by atoms with Gasteiger partial charge in [-0.3, -0.25) is 4.79 Å². The van der Waals surface area contributed by atoms with E-state index in [1.165, 1.54) is 10.5 Å². The Kier molecular flexibility index (Phi) is 5.12. The van der Waals surface area contributed by atoms with E-state index in [9.17, 15) is 4.79 Å². The molecule has 0 aromatic heterocycles. The van der Waals surface area contributed by atoms with Crippen molar-refractivity contribution in [2.24, 2.45) is 0 Å². The van der Waals surface area contributed by atoms with Crippen LogP contribution in [0, 0.1) is 0 Å². The molecule has 2 aliphatic rings. The Bertz CT molecular complexity index is 840. The zero-order valence-electron chi connectivity index (χ0n) is 15.6. The second-order valence-electron chi connectivity index (χ2n) is 7.14. The van der Waals surface area contributed by atoms with Crippen molar-refractivity contribution >= 4 is 12.0 Å². The van der Waals surface area contributed by atoms with E-state index < -0.39 is 0 Å². The molecule has 0 bridgehead atoms. The maximum absolute atomic E-state index is 12.7. The van der Waals surface area contributed by atoms with Crippen LogP contribution in [-0.2, 0) is 11.3 Å². The summed E-state index contributed by atoms with van der Waals surface area (Å²) in [5.74, 6) is 1.80. The van der Waals surface area contributed by atoms with Gasteiger partial charge in [-0.25, -0.2) is 0 Å². The van der Waals surface area contributed by atoms with Gasteiger partial charge < -0.3 is 19.3 Å². The number of amides is 1. The fourth-order valence-electron chi connectivity index (χ4n) is 3.65. The maximum atomic E-state index is 12.7. The molecule has 1 amide bonds. The molecule has 2 aromatic carbocycles. The quantitative estimate of drug-likeness (QED) is 0.840. The van der Waals surface area contributed by atoms with Gasteiger partial charge in [-0.2, -0.15) is 0 Å². The van der Waals surface area contributed by atoms with Crippen molar-refractivity contribution in [2.75, 3.05) is 33.0 Å². The molecule has 2 aromatic rings. The van der Waals surface area contributed by atoms with Gasteiger partial charge in [0.1, 0.15) is 6.54 Å². The molecule has 0 saturated carbocycles. The molecule has 1 N–H and O–H groups in total. The molecule has 5 heteroatoms. The van der Waals surface area contributed by atoms with E-state index >= 15 is 0 Å². The Balaban J connectivity index is 1.32. The fourth-order valence-corrected chi connectivity index (χ4v) is 3.65. The maximum Gasteiger partial charge on any atom is 0.249 e. The van der Waals surface area contributed by atoms with Gasteiger partial charge in [0.15, 0.2) is 11.5 Å². The number of hydrogen-bond acceptors (Lipinski definition) is 3. The smallest absolute Gasteiger partial charge is 0.249 e. The minimum atomic E-state index is 0.140. The van der Waals surface area contributed by atoms with Gasteiger partial charge in [-0.1, -0.05) is 30.3 Å². The molecule has 27 heavy (non-hydrogen) atoms. The highest BCUT2D eigenvalue weighted by Gasteiger charge is 2.25. The standard InChI is InChI=1S/C22H24N2O3/c1-17(13-18-5-3-2-4-6-18)22(25)24-11-9-23(10-12-24)15-19-7-8-20-21(14-19)27-16-26-20/h2-8,13-14H,9-12,15-16H2,1H3/p+1. The third kappa shape index (κ3) is 4.14. The highest BCUT2D eigenvalue weighted by Crippen LogP contribution is 2.32. The molecule has 140 valence electrons. The zero-order valence-corrected chi connectivity index (χ0v) is 15.6. The molecule has 0 radical (unpaired) electrons. The van der Waals surface area contributed by atoms with Crippen molar-refractivity contribution in [3.63, 3.8) is 0 Å². The molecule has 2 heterocycles. The van der Waals surface area contributed by atoms with Gasteiger partial charge in [0.2, 0.25) is 12.7 Å². The van der Waals surface area contributed by atoms with Gasteiger partial charge in [-0.05, 0) is 36.8 Å². The van der Waals surface area contributed by atoms with E-state index in [0.717, 1.165) is 55.4 Å².